The Morgan fingerprint density at radius 3 is 2.44 bits per heavy atom. The first-order valence-corrected chi connectivity index (χ1v) is 11.4. The van der Waals surface area contributed by atoms with Gasteiger partial charge in [-0.05, 0) is 47.2 Å². The molecular weight excluding hydrogens is 432 g/mol. The van der Waals surface area contributed by atoms with Crippen LogP contribution in [0.25, 0.3) is 6.08 Å². The third-order valence-corrected chi connectivity index (χ3v) is 5.64. The molecule has 1 amide bonds. The molecule has 0 aliphatic carbocycles. The van der Waals surface area contributed by atoms with Crippen LogP contribution in [0.4, 0.5) is 0 Å². The number of hydrogen-bond donors (Lipinski definition) is 0. The summed E-state index contributed by atoms with van der Waals surface area (Å²) in [4.78, 5) is 26.6. The first-order valence-electron chi connectivity index (χ1n) is 11.4. The Kier molecular flexibility index (Phi) is 8.83. The van der Waals surface area contributed by atoms with Gasteiger partial charge in [-0.3, -0.25) is 9.59 Å². The summed E-state index contributed by atoms with van der Waals surface area (Å²) in [5, 5.41) is 9.49. The summed E-state index contributed by atoms with van der Waals surface area (Å²) in [6, 6.07) is 15.1. The van der Waals surface area contributed by atoms with Crippen molar-refractivity contribution < 1.29 is 23.8 Å². The van der Waals surface area contributed by atoms with Gasteiger partial charge in [-0.15, -0.1) is 0 Å². The van der Waals surface area contributed by atoms with E-state index >= 15 is 0 Å². The molecule has 0 atom stereocenters. The smallest absolute Gasteiger partial charge is 0.311 e. The average Bonchev–Trinajstić information content (AvgIpc) is 2.87. The molecule has 1 aliphatic heterocycles. The van der Waals surface area contributed by atoms with E-state index in [0.717, 1.165) is 5.56 Å². The third-order valence-electron chi connectivity index (χ3n) is 5.64. The lowest BCUT2D eigenvalue weighted by atomic mass is 10.0. The fraction of sp³-hybridized carbons (Fsp3) is 0.370. The minimum atomic E-state index is -0.366. The summed E-state index contributed by atoms with van der Waals surface area (Å²) >= 11 is 0. The van der Waals surface area contributed by atoms with Gasteiger partial charge in [-0.2, -0.15) is 5.26 Å². The molecule has 0 radical (unpaired) electrons. The lowest BCUT2D eigenvalue weighted by Gasteiger charge is -2.26. The number of aryl methyl sites for hydroxylation is 1. The van der Waals surface area contributed by atoms with E-state index in [9.17, 15) is 14.9 Å². The van der Waals surface area contributed by atoms with E-state index in [0.29, 0.717) is 50.0 Å². The Labute approximate surface area is 200 Å². The zero-order valence-corrected chi connectivity index (χ0v) is 19.9. The van der Waals surface area contributed by atoms with Gasteiger partial charge in [0.05, 0.1) is 20.3 Å². The van der Waals surface area contributed by atoms with Gasteiger partial charge in [-0.1, -0.05) is 44.2 Å². The topological polar surface area (TPSA) is 88.9 Å². The number of benzene rings is 2. The van der Waals surface area contributed by atoms with Crippen molar-refractivity contribution in [3.05, 3.63) is 64.7 Å². The zero-order valence-electron chi connectivity index (χ0n) is 19.9. The van der Waals surface area contributed by atoms with Crippen molar-refractivity contribution in [1.82, 2.24) is 4.90 Å². The van der Waals surface area contributed by atoms with Crippen LogP contribution in [-0.2, 0) is 20.7 Å². The lowest BCUT2D eigenvalue weighted by Crippen LogP contribution is -2.41. The standard InChI is InChI=1S/C27H30N2O5/c1-19(2)22-8-4-20(5-9-22)7-11-26(30)34-24-10-6-21(17-25(24)32-3)16-23(18-28)27(31)29-12-14-33-15-13-29/h4-6,8-10,16-17,19H,7,11-15H2,1-3H3/b23-16+. The fourth-order valence-electron chi connectivity index (χ4n) is 3.59. The molecule has 1 saturated heterocycles. The normalized spacial score (nSPS) is 14.0. The van der Waals surface area contributed by atoms with Crippen molar-refractivity contribution in [1.29, 1.82) is 5.26 Å². The van der Waals surface area contributed by atoms with Crippen molar-refractivity contribution >= 4 is 18.0 Å². The summed E-state index contributed by atoms with van der Waals surface area (Å²) in [5.74, 6) is 0.403. The number of carbonyl (C=O) groups is 2. The number of ether oxygens (including phenoxy) is 3. The van der Waals surface area contributed by atoms with Crippen LogP contribution in [0, 0.1) is 11.3 Å². The number of amides is 1. The highest BCUT2D eigenvalue weighted by atomic mass is 16.6. The van der Waals surface area contributed by atoms with E-state index in [1.165, 1.54) is 18.7 Å². The highest BCUT2D eigenvalue weighted by molar-refractivity contribution is 6.01. The maximum absolute atomic E-state index is 12.6. The summed E-state index contributed by atoms with van der Waals surface area (Å²) < 4.78 is 16.1. The maximum Gasteiger partial charge on any atom is 0.311 e. The van der Waals surface area contributed by atoms with Gasteiger partial charge in [-0.25, -0.2) is 0 Å². The Hall–Kier alpha value is -3.63. The monoisotopic (exact) mass is 462 g/mol. The van der Waals surface area contributed by atoms with Crippen LogP contribution in [0.1, 0.15) is 42.9 Å². The second-order valence-corrected chi connectivity index (χ2v) is 8.36. The van der Waals surface area contributed by atoms with E-state index in [2.05, 4.69) is 26.0 Å². The van der Waals surface area contributed by atoms with Crippen LogP contribution in [0.5, 0.6) is 11.5 Å². The van der Waals surface area contributed by atoms with Gasteiger partial charge in [0.2, 0.25) is 0 Å². The predicted octanol–water partition coefficient (Wildman–Crippen LogP) is 4.12. The van der Waals surface area contributed by atoms with Gasteiger partial charge >= 0.3 is 5.97 Å². The molecule has 0 unspecified atom stereocenters. The fourth-order valence-corrected chi connectivity index (χ4v) is 3.59. The number of morpholine rings is 1. The molecule has 1 aliphatic rings. The molecule has 0 N–H and O–H groups in total. The van der Waals surface area contributed by atoms with Crippen LogP contribution in [0.3, 0.4) is 0 Å². The second-order valence-electron chi connectivity index (χ2n) is 8.36. The van der Waals surface area contributed by atoms with E-state index in [1.807, 2.05) is 18.2 Å². The van der Waals surface area contributed by atoms with Crippen LogP contribution < -0.4 is 9.47 Å². The van der Waals surface area contributed by atoms with E-state index in [-0.39, 0.29) is 29.6 Å². The molecular formula is C27H30N2O5. The molecule has 0 saturated carbocycles. The zero-order chi connectivity index (χ0) is 24.5. The number of nitrogens with zero attached hydrogens (tertiary/aromatic N) is 2. The van der Waals surface area contributed by atoms with Gasteiger partial charge in [0.15, 0.2) is 11.5 Å². The average molecular weight is 463 g/mol. The molecule has 1 fully saturated rings. The van der Waals surface area contributed by atoms with Crippen molar-refractivity contribution in [2.75, 3.05) is 33.4 Å². The molecule has 2 aromatic rings. The summed E-state index contributed by atoms with van der Waals surface area (Å²) in [6.07, 6.45) is 2.32. The molecule has 7 nitrogen and oxygen atoms in total. The molecule has 0 spiro atoms. The first kappa shape index (κ1) is 25.0. The van der Waals surface area contributed by atoms with Crippen LogP contribution in [-0.4, -0.2) is 50.2 Å². The number of hydrogen-bond acceptors (Lipinski definition) is 6. The molecule has 0 aromatic heterocycles. The van der Waals surface area contributed by atoms with Gasteiger partial charge in [0.25, 0.3) is 5.91 Å². The second kappa shape index (κ2) is 12.0. The number of carbonyl (C=O) groups excluding carboxylic acids is 2. The van der Waals surface area contributed by atoms with E-state index < -0.39 is 0 Å². The number of nitriles is 1. The number of methoxy groups -OCH3 is 1. The molecule has 3 rings (SSSR count). The van der Waals surface area contributed by atoms with E-state index in [4.69, 9.17) is 14.2 Å². The van der Waals surface area contributed by atoms with Crippen LogP contribution in [0.2, 0.25) is 0 Å². The van der Waals surface area contributed by atoms with Crippen molar-refractivity contribution in [2.24, 2.45) is 0 Å². The van der Waals surface area contributed by atoms with Crippen molar-refractivity contribution in [3.8, 4) is 17.6 Å². The Morgan fingerprint density at radius 1 is 1.12 bits per heavy atom. The van der Waals surface area contributed by atoms with E-state index in [1.54, 1.807) is 23.1 Å². The van der Waals surface area contributed by atoms with Gasteiger partial charge < -0.3 is 19.1 Å². The quantitative estimate of drug-likeness (QED) is 0.254. The minimum absolute atomic E-state index is 0.0252. The summed E-state index contributed by atoms with van der Waals surface area (Å²) in [6.45, 7) is 6.12. The predicted molar refractivity (Wildman–Crippen MR) is 128 cm³/mol. The van der Waals surface area contributed by atoms with Crippen LogP contribution >= 0.6 is 0 Å². The SMILES string of the molecule is COc1cc(/C=C(\C#N)C(=O)N2CCOCC2)ccc1OC(=O)CCc1ccc(C(C)C)cc1. The molecule has 34 heavy (non-hydrogen) atoms. The van der Waals surface area contributed by atoms with Gasteiger partial charge in [0.1, 0.15) is 11.6 Å². The Bertz CT molecular complexity index is 1080. The van der Waals surface area contributed by atoms with Crippen molar-refractivity contribution in [2.45, 2.75) is 32.6 Å². The van der Waals surface area contributed by atoms with Crippen LogP contribution in [0.15, 0.2) is 48.0 Å². The Morgan fingerprint density at radius 2 is 1.82 bits per heavy atom. The maximum atomic E-state index is 12.6. The minimum Gasteiger partial charge on any atom is -0.493 e. The Balaban J connectivity index is 1.64. The first-order chi connectivity index (χ1) is 16.4. The number of rotatable bonds is 8. The molecule has 0 bridgehead atoms. The number of esters is 1. The molecule has 178 valence electrons. The lowest BCUT2D eigenvalue weighted by molar-refractivity contribution is -0.134. The molecule has 7 heteroatoms. The van der Waals surface area contributed by atoms with Gasteiger partial charge in [0, 0.05) is 19.5 Å². The highest BCUT2D eigenvalue weighted by Gasteiger charge is 2.21. The van der Waals surface area contributed by atoms with Crippen molar-refractivity contribution in [3.63, 3.8) is 0 Å². The third kappa shape index (κ3) is 6.69. The highest BCUT2D eigenvalue weighted by Crippen LogP contribution is 2.29. The summed E-state index contributed by atoms with van der Waals surface area (Å²) in [5.41, 5.74) is 2.96. The molecule has 2 aromatic carbocycles. The molecule has 1 heterocycles. The summed E-state index contributed by atoms with van der Waals surface area (Å²) in [7, 11) is 1.47. The largest absolute Gasteiger partial charge is 0.493 e.